The van der Waals surface area contributed by atoms with Gasteiger partial charge in [0.25, 0.3) is 0 Å². The highest BCUT2D eigenvalue weighted by atomic mass is 16.5. The number of rotatable bonds is 2. The van der Waals surface area contributed by atoms with E-state index in [1.807, 2.05) is 12.1 Å². The number of fused-ring (bicyclic) bond motifs is 1. The number of nitrogens with two attached hydrogens (primary N) is 1. The van der Waals surface area contributed by atoms with Crippen LogP contribution in [0.5, 0.6) is 5.75 Å². The van der Waals surface area contributed by atoms with Crippen LogP contribution < -0.4 is 15.4 Å². The van der Waals surface area contributed by atoms with E-state index < -0.39 is 0 Å². The average molecular weight is 271 g/mol. The lowest BCUT2D eigenvalue weighted by Gasteiger charge is -2.37. The topological polar surface area (TPSA) is 51.4 Å². The van der Waals surface area contributed by atoms with Crippen molar-refractivity contribution in [1.82, 2.24) is 4.98 Å². The van der Waals surface area contributed by atoms with Crippen LogP contribution in [0, 0.1) is 5.92 Å². The summed E-state index contributed by atoms with van der Waals surface area (Å²) in [7, 11) is 1.68. The Morgan fingerprint density at radius 2 is 2.15 bits per heavy atom. The lowest BCUT2D eigenvalue weighted by Crippen LogP contribution is -2.46. The van der Waals surface area contributed by atoms with Gasteiger partial charge >= 0.3 is 0 Å². The lowest BCUT2D eigenvalue weighted by molar-refractivity contribution is 0.402. The van der Waals surface area contributed by atoms with Gasteiger partial charge in [-0.2, -0.15) is 0 Å². The molecule has 1 aliphatic heterocycles. The molecule has 1 fully saturated rings. The Hall–Kier alpha value is -1.81. The molecule has 1 aromatic heterocycles. The van der Waals surface area contributed by atoms with E-state index in [9.17, 15) is 0 Å². The molecular formula is C16H21N3O. The van der Waals surface area contributed by atoms with Gasteiger partial charge in [0.05, 0.1) is 7.11 Å². The number of ether oxygens (including phenoxy) is 1. The Morgan fingerprint density at radius 3 is 2.90 bits per heavy atom. The lowest BCUT2D eigenvalue weighted by atomic mass is 9.95. The van der Waals surface area contributed by atoms with E-state index >= 15 is 0 Å². The van der Waals surface area contributed by atoms with Crippen LogP contribution in [0.3, 0.4) is 0 Å². The molecule has 1 saturated heterocycles. The molecule has 0 spiro atoms. The summed E-state index contributed by atoms with van der Waals surface area (Å²) < 4.78 is 5.41. The summed E-state index contributed by atoms with van der Waals surface area (Å²) in [5.41, 5.74) is 8.29. The average Bonchev–Trinajstić information content (AvgIpc) is 2.45. The number of hydrogen-bond acceptors (Lipinski definition) is 4. The number of nitrogens with zero attached hydrogens (tertiary/aromatic N) is 2. The van der Waals surface area contributed by atoms with Gasteiger partial charge in [0, 0.05) is 36.4 Å². The van der Waals surface area contributed by atoms with E-state index in [2.05, 4.69) is 28.9 Å². The second kappa shape index (κ2) is 5.29. The Labute approximate surface area is 119 Å². The monoisotopic (exact) mass is 271 g/mol. The number of benzene rings is 1. The smallest absolute Gasteiger partial charge is 0.145 e. The molecule has 0 amide bonds. The molecule has 1 aliphatic rings. The molecule has 1 aromatic carbocycles. The summed E-state index contributed by atoms with van der Waals surface area (Å²) in [6, 6.07) is 8.43. The van der Waals surface area contributed by atoms with Gasteiger partial charge in [-0.15, -0.1) is 0 Å². The molecule has 2 heterocycles. The van der Waals surface area contributed by atoms with E-state index in [1.165, 1.54) is 5.69 Å². The molecule has 106 valence electrons. The first kappa shape index (κ1) is 13.2. The summed E-state index contributed by atoms with van der Waals surface area (Å²) in [6.07, 6.45) is 2.90. The second-order valence-corrected chi connectivity index (χ2v) is 5.69. The van der Waals surface area contributed by atoms with Crippen LogP contribution in [0.2, 0.25) is 0 Å². The van der Waals surface area contributed by atoms with Gasteiger partial charge in [0.1, 0.15) is 11.3 Å². The highest BCUT2D eigenvalue weighted by Crippen LogP contribution is 2.33. The van der Waals surface area contributed by atoms with Crippen LogP contribution >= 0.6 is 0 Å². The van der Waals surface area contributed by atoms with Crippen LogP contribution in [0.25, 0.3) is 10.9 Å². The molecular weight excluding hydrogens is 250 g/mol. The Morgan fingerprint density at radius 1 is 1.30 bits per heavy atom. The zero-order valence-corrected chi connectivity index (χ0v) is 12.0. The first-order valence-corrected chi connectivity index (χ1v) is 7.11. The number of hydrogen-bond donors (Lipinski definition) is 1. The van der Waals surface area contributed by atoms with Crippen molar-refractivity contribution in [2.45, 2.75) is 19.4 Å². The minimum atomic E-state index is 0.243. The SMILES string of the molecule is COc1ccc(N2CC(C)C[C@@H](N)C2)c2cccnc12. The van der Waals surface area contributed by atoms with Crippen LogP contribution in [-0.2, 0) is 0 Å². The van der Waals surface area contributed by atoms with Crippen molar-refractivity contribution < 1.29 is 4.74 Å². The molecule has 2 N–H and O–H groups in total. The summed E-state index contributed by atoms with van der Waals surface area (Å²) >= 11 is 0. The van der Waals surface area contributed by atoms with E-state index in [1.54, 1.807) is 13.3 Å². The van der Waals surface area contributed by atoms with Crippen molar-refractivity contribution in [2.24, 2.45) is 11.7 Å². The van der Waals surface area contributed by atoms with Gasteiger partial charge in [-0.3, -0.25) is 4.98 Å². The van der Waals surface area contributed by atoms with Gasteiger partial charge < -0.3 is 15.4 Å². The normalized spacial score (nSPS) is 23.1. The van der Waals surface area contributed by atoms with Crippen molar-refractivity contribution in [3.63, 3.8) is 0 Å². The first-order valence-electron chi connectivity index (χ1n) is 7.11. The van der Waals surface area contributed by atoms with Gasteiger partial charge in [-0.05, 0) is 36.6 Å². The predicted octanol–water partition coefficient (Wildman–Crippen LogP) is 2.42. The van der Waals surface area contributed by atoms with Gasteiger partial charge in [-0.25, -0.2) is 0 Å². The molecule has 3 rings (SSSR count). The minimum Gasteiger partial charge on any atom is -0.494 e. The molecule has 4 nitrogen and oxygen atoms in total. The first-order chi connectivity index (χ1) is 9.69. The Kier molecular flexibility index (Phi) is 3.49. The summed E-state index contributed by atoms with van der Waals surface area (Å²) in [5, 5.41) is 1.13. The number of piperidine rings is 1. The maximum atomic E-state index is 6.17. The highest BCUT2D eigenvalue weighted by molar-refractivity contribution is 5.95. The van der Waals surface area contributed by atoms with E-state index in [0.29, 0.717) is 5.92 Å². The molecule has 4 heteroatoms. The van der Waals surface area contributed by atoms with Crippen LogP contribution in [0.1, 0.15) is 13.3 Å². The third-order valence-electron chi connectivity index (χ3n) is 3.96. The third-order valence-corrected chi connectivity index (χ3v) is 3.96. The Bertz CT molecular complexity index is 604. The summed E-state index contributed by atoms with van der Waals surface area (Å²) in [4.78, 5) is 6.84. The van der Waals surface area contributed by atoms with Crippen LogP contribution in [-0.4, -0.2) is 31.2 Å². The zero-order valence-electron chi connectivity index (χ0n) is 12.0. The maximum Gasteiger partial charge on any atom is 0.145 e. The number of pyridine rings is 1. The van der Waals surface area contributed by atoms with Crippen molar-refractivity contribution >= 4 is 16.6 Å². The molecule has 0 aliphatic carbocycles. The molecule has 2 atom stereocenters. The Balaban J connectivity index is 2.08. The van der Waals surface area contributed by atoms with Crippen molar-refractivity contribution in [2.75, 3.05) is 25.1 Å². The zero-order chi connectivity index (χ0) is 14.1. The third kappa shape index (κ3) is 2.31. The van der Waals surface area contributed by atoms with Crippen molar-refractivity contribution in [3.8, 4) is 5.75 Å². The number of methoxy groups -OCH3 is 1. The summed E-state index contributed by atoms with van der Waals surface area (Å²) in [5.74, 6) is 1.44. The number of anilines is 1. The fourth-order valence-electron chi connectivity index (χ4n) is 3.17. The number of aromatic nitrogens is 1. The quantitative estimate of drug-likeness (QED) is 0.911. The van der Waals surface area contributed by atoms with Crippen LogP contribution in [0.4, 0.5) is 5.69 Å². The largest absolute Gasteiger partial charge is 0.494 e. The fraction of sp³-hybridized carbons (Fsp3) is 0.438. The van der Waals surface area contributed by atoms with E-state index in [4.69, 9.17) is 10.5 Å². The van der Waals surface area contributed by atoms with Gasteiger partial charge in [0.15, 0.2) is 0 Å². The molecule has 1 unspecified atom stereocenters. The predicted molar refractivity (Wildman–Crippen MR) is 82.3 cm³/mol. The van der Waals surface area contributed by atoms with Gasteiger partial charge in [0.2, 0.25) is 0 Å². The molecule has 0 radical (unpaired) electrons. The summed E-state index contributed by atoms with van der Waals surface area (Å²) in [6.45, 7) is 4.21. The standard InChI is InChI=1S/C16H21N3O/c1-11-8-12(17)10-19(9-11)14-5-6-15(20-2)16-13(14)4-3-7-18-16/h3-7,11-12H,8-10,17H2,1-2H3/t11?,12-/m1/s1. The van der Waals surface area contributed by atoms with Crippen LogP contribution in [0.15, 0.2) is 30.5 Å². The van der Waals surface area contributed by atoms with Crippen molar-refractivity contribution in [3.05, 3.63) is 30.5 Å². The molecule has 0 saturated carbocycles. The fourth-order valence-corrected chi connectivity index (χ4v) is 3.17. The molecule has 20 heavy (non-hydrogen) atoms. The second-order valence-electron chi connectivity index (χ2n) is 5.69. The maximum absolute atomic E-state index is 6.17. The van der Waals surface area contributed by atoms with Crippen molar-refractivity contribution in [1.29, 1.82) is 0 Å². The van der Waals surface area contributed by atoms with E-state index in [0.717, 1.165) is 36.2 Å². The molecule has 0 bridgehead atoms. The highest BCUT2D eigenvalue weighted by Gasteiger charge is 2.24. The minimum absolute atomic E-state index is 0.243. The van der Waals surface area contributed by atoms with Gasteiger partial charge in [-0.1, -0.05) is 6.92 Å². The molecule has 2 aromatic rings. The van der Waals surface area contributed by atoms with E-state index in [-0.39, 0.29) is 6.04 Å².